The minimum Gasteiger partial charge on any atom is -0.658 e. The monoisotopic (exact) mass is 354 g/mol. The van der Waals surface area contributed by atoms with Crippen LogP contribution < -0.4 is 4.74 Å². The van der Waals surface area contributed by atoms with E-state index in [0.717, 1.165) is 30.0 Å². The maximum atomic E-state index is 12.3. The zero-order chi connectivity index (χ0) is 17.6. The van der Waals surface area contributed by atoms with Gasteiger partial charge in [-0.05, 0) is 31.0 Å². The second-order valence-corrected chi connectivity index (χ2v) is 7.58. The predicted molar refractivity (Wildman–Crippen MR) is 88.4 cm³/mol. The fourth-order valence-corrected chi connectivity index (χ4v) is 4.33. The number of alkyl halides is 3. The maximum absolute atomic E-state index is 12.3. The van der Waals surface area contributed by atoms with Crippen LogP contribution in [0.15, 0.2) is 24.3 Å². The van der Waals surface area contributed by atoms with Gasteiger partial charge in [0, 0.05) is 32.2 Å². The van der Waals surface area contributed by atoms with Gasteiger partial charge in [0.25, 0.3) is 0 Å². The number of likely N-dealkylation sites (N-methyl/N-ethyl adjacent to an activating group) is 1. The van der Waals surface area contributed by atoms with Gasteiger partial charge in [-0.3, -0.25) is 4.90 Å². The van der Waals surface area contributed by atoms with Gasteiger partial charge in [-0.2, -0.15) is 0 Å². The molecule has 0 aromatic heterocycles. The highest BCUT2D eigenvalue weighted by Crippen LogP contribution is 2.53. The Morgan fingerprint density at radius 2 is 1.88 bits per heavy atom. The van der Waals surface area contributed by atoms with Crippen LogP contribution in [0.2, 0.25) is 0 Å². The van der Waals surface area contributed by atoms with Crippen molar-refractivity contribution in [1.82, 2.24) is 9.80 Å². The van der Waals surface area contributed by atoms with Gasteiger partial charge < -0.3 is 15.0 Å². The lowest BCUT2D eigenvalue weighted by molar-refractivity contribution is -0.274. The molecule has 0 radical (unpaired) electrons. The molecule has 4 rings (SSSR count). The number of likely N-dealkylation sites (tertiary alicyclic amines) is 2. The summed E-state index contributed by atoms with van der Waals surface area (Å²) in [6.45, 7) is 6.02. The van der Waals surface area contributed by atoms with Gasteiger partial charge in [0.2, 0.25) is 0 Å². The molecule has 3 aliphatic rings. The molecule has 1 aliphatic carbocycles. The number of halogens is 3. The Morgan fingerprint density at radius 1 is 1.16 bits per heavy atom. The molecule has 2 atom stereocenters. The van der Waals surface area contributed by atoms with E-state index in [4.69, 9.17) is 0 Å². The summed E-state index contributed by atoms with van der Waals surface area (Å²) in [5.74, 6) is 2.04. The highest BCUT2D eigenvalue weighted by Gasteiger charge is 2.54. The van der Waals surface area contributed by atoms with Gasteiger partial charge >= 0.3 is 6.36 Å². The minimum absolute atomic E-state index is 0.176. The van der Waals surface area contributed by atoms with Crippen molar-refractivity contribution in [3.63, 3.8) is 0 Å². The molecule has 1 saturated carbocycles. The number of piperidine rings is 1. The van der Waals surface area contributed by atoms with Crippen LogP contribution in [0.5, 0.6) is 5.75 Å². The molecule has 25 heavy (non-hydrogen) atoms. The summed E-state index contributed by atoms with van der Waals surface area (Å²) in [5.41, 5.74) is 0.756. The van der Waals surface area contributed by atoms with Gasteiger partial charge in [0.15, 0.2) is 0 Å². The SMILES string of the molecule is CN1CC(N2CC3C(C[N-]Cc4cccc(OC(F)(F)F)c4)C3C2)C1. The Hall–Kier alpha value is -1.31. The molecule has 0 bridgehead atoms. The third kappa shape index (κ3) is 3.93. The topological polar surface area (TPSA) is 29.8 Å². The molecular weight excluding hydrogens is 331 g/mol. The van der Waals surface area contributed by atoms with Crippen LogP contribution >= 0.6 is 0 Å². The van der Waals surface area contributed by atoms with Crippen molar-refractivity contribution < 1.29 is 17.9 Å². The molecule has 0 spiro atoms. The number of ether oxygens (including phenoxy) is 1. The first-order valence-corrected chi connectivity index (χ1v) is 8.79. The first-order valence-electron chi connectivity index (χ1n) is 8.79. The van der Waals surface area contributed by atoms with Gasteiger partial charge in [-0.25, -0.2) is 0 Å². The van der Waals surface area contributed by atoms with E-state index in [-0.39, 0.29) is 5.75 Å². The van der Waals surface area contributed by atoms with Crippen molar-refractivity contribution in [2.24, 2.45) is 17.8 Å². The smallest absolute Gasteiger partial charge is 0.573 e. The fraction of sp³-hybridized carbons (Fsp3) is 0.667. The molecule has 2 saturated heterocycles. The second-order valence-electron chi connectivity index (χ2n) is 7.58. The summed E-state index contributed by atoms with van der Waals surface area (Å²) in [7, 11) is 2.16. The lowest BCUT2D eigenvalue weighted by Gasteiger charge is -2.43. The molecule has 0 N–H and O–H groups in total. The Morgan fingerprint density at radius 3 is 2.52 bits per heavy atom. The van der Waals surface area contributed by atoms with E-state index >= 15 is 0 Å². The fourth-order valence-electron chi connectivity index (χ4n) is 4.33. The molecule has 2 heterocycles. The Labute approximate surface area is 145 Å². The summed E-state index contributed by atoms with van der Waals surface area (Å²) in [4.78, 5) is 4.96. The first-order chi connectivity index (χ1) is 11.9. The van der Waals surface area contributed by atoms with Crippen LogP contribution in [0.1, 0.15) is 5.56 Å². The third-order valence-corrected chi connectivity index (χ3v) is 5.73. The Balaban J connectivity index is 1.18. The van der Waals surface area contributed by atoms with E-state index in [1.807, 2.05) is 0 Å². The summed E-state index contributed by atoms with van der Waals surface area (Å²) in [6, 6.07) is 6.83. The number of fused-ring (bicyclic) bond motifs is 1. The Kier molecular flexibility index (Phi) is 4.42. The number of benzene rings is 1. The zero-order valence-electron chi connectivity index (χ0n) is 14.2. The van der Waals surface area contributed by atoms with E-state index in [9.17, 15) is 13.2 Å². The normalized spacial score (nSPS) is 30.2. The van der Waals surface area contributed by atoms with E-state index in [0.29, 0.717) is 12.5 Å². The average molecular weight is 354 g/mol. The van der Waals surface area contributed by atoms with Gasteiger partial charge in [0.05, 0.1) is 0 Å². The average Bonchev–Trinajstić information content (AvgIpc) is 2.95. The van der Waals surface area contributed by atoms with Crippen LogP contribution in [-0.4, -0.2) is 62.0 Å². The number of rotatable bonds is 6. The van der Waals surface area contributed by atoms with Crippen LogP contribution in [0.25, 0.3) is 5.32 Å². The molecule has 7 heteroatoms. The molecular formula is C18H23F3N3O-. The third-order valence-electron chi connectivity index (χ3n) is 5.73. The molecule has 1 aromatic rings. The molecule has 2 unspecified atom stereocenters. The molecule has 2 aliphatic heterocycles. The lowest BCUT2D eigenvalue weighted by Crippen LogP contribution is -2.57. The standard InChI is InChI=1S/C18H23F3N3O/c1-23-8-13(9-23)24-10-16-15(17(16)11-24)7-22-6-12-3-2-4-14(5-12)25-18(19,20)21/h2-5,13,15-17H,6-11H2,1H3/q-1. The zero-order valence-corrected chi connectivity index (χ0v) is 14.2. The highest BCUT2D eigenvalue weighted by atomic mass is 19.4. The van der Waals surface area contributed by atoms with Crippen molar-refractivity contribution in [2.45, 2.75) is 18.9 Å². The summed E-state index contributed by atoms with van der Waals surface area (Å²) >= 11 is 0. The molecule has 3 fully saturated rings. The van der Waals surface area contributed by atoms with E-state index in [1.54, 1.807) is 12.1 Å². The molecule has 4 nitrogen and oxygen atoms in total. The molecule has 138 valence electrons. The largest absolute Gasteiger partial charge is 0.658 e. The van der Waals surface area contributed by atoms with Crippen molar-refractivity contribution >= 4 is 0 Å². The number of hydrogen-bond acceptors (Lipinski definition) is 3. The molecule has 1 aromatic carbocycles. The lowest BCUT2D eigenvalue weighted by atomic mass is 10.1. The maximum Gasteiger partial charge on any atom is 0.573 e. The van der Waals surface area contributed by atoms with Gasteiger partial charge in [-0.1, -0.05) is 23.6 Å². The highest BCUT2D eigenvalue weighted by molar-refractivity contribution is 5.30. The number of hydrogen-bond donors (Lipinski definition) is 0. The summed E-state index contributed by atoms with van der Waals surface area (Å²) in [6.07, 6.45) is -4.65. The van der Waals surface area contributed by atoms with Gasteiger partial charge in [-0.15, -0.1) is 26.3 Å². The van der Waals surface area contributed by atoms with E-state index in [2.05, 4.69) is 26.9 Å². The van der Waals surface area contributed by atoms with Crippen LogP contribution in [0, 0.1) is 17.8 Å². The van der Waals surface area contributed by atoms with Crippen molar-refractivity contribution in [1.29, 1.82) is 0 Å². The molecule has 0 amide bonds. The van der Waals surface area contributed by atoms with Crippen LogP contribution in [-0.2, 0) is 6.54 Å². The van der Waals surface area contributed by atoms with Gasteiger partial charge in [0.1, 0.15) is 5.75 Å². The predicted octanol–water partition coefficient (Wildman–Crippen LogP) is 2.95. The summed E-state index contributed by atoms with van der Waals surface area (Å²) in [5, 5.41) is 4.58. The van der Waals surface area contributed by atoms with Crippen molar-refractivity contribution in [2.75, 3.05) is 39.8 Å². The second kappa shape index (κ2) is 6.45. The van der Waals surface area contributed by atoms with Crippen LogP contribution in [0.3, 0.4) is 0 Å². The van der Waals surface area contributed by atoms with Crippen LogP contribution in [0.4, 0.5) is 13.2 Å². The van der Waals surface area contributed by atoms with Crippen molar-refractivity contribution in [3.05, 3.63) is 35.1 Å². The van der Waals surface area contributed by atoms with Crippen molar-refractivity contribution in [3.8, 4) is 5.75 Å². The minimum atomic E-state index is -4.65. The van der Waals surface area contributed by atoms with E-state index in [1.165, 1.54) is 38.3 Å². The Bertz CT molecular complexity index is 606. The summed E-state index contributed by atoms with van der Waals surface area (Å²) < 4.78 is 40.7. The first kappa shape index (κ1) is 17.1. The van der Waals surface area contributed by atoms with E-state index < -0.39 is 6.36 Å². The quantitative estimate of drug-likeness (QED) is 0.787. The number of nitrogens with zero attached hydrogens (tertiary/aromatic N) is 3.